The molecular weight excluding hydrogens is 462 g/mol. The molecule has 2 aliphatic rings. The number of nitrogens with one attached hydrogen (secondary N) is 2. The fourth-order valence-corrected chi connectivity index (χ4v) is 6.02. The third-order valence-corrected chi connectivity index (χ3v) is 7.95. The molecule has 37 heavy (non-hydrogen) atoms. The Bertz CT molecular complexity index is 1300. The minimum Gasteiger partial charge on any atom is -0.508 e. The van der Waals surface area contributed by atoms with E-state index in [4.69, 9.17) is 10.5 Å². The summed E-state index contributed by atoms with van der Waals surface area (Å²) in [6, 6.07) is 15.7. The first-order valence-electron chi connectivity index (χ1n) is 13.2. The third kappa shape index (κ3) is 5.44. The first kappa shape index (κ1) is 25.2. The zero-order chi connectivity index (χ0) is 26.1. The van der Waals surface area contributed by atoms with Crippen LogP contribution < -0.4 is 21.1 Å². The molecule has 3 atom stereocenters. The maximum atomic E-state index is 13.1. The van der Waals surface area contributed by atoms with E-state index in [1.54, 1.807) is 19.2 Å². The molecule has 194 valence electrons. The van der Waals surface area contributed by atoms with Crippen molar-refractivity contribution in [3.8, 4) is 11.5 Å². The number of phenolic OH excluding ortho intramolecular Hbond substituents is 1. The predicted molar refractivity (Wildman–Crippen MR) is 147 cm³/mol. The molecule has 1 heterocycles. The average Bonchev–Trinajstić information content (AvgIpc) is 3.27. The summed E-state index contributed by atoms with van der Waals surface area (Å²) in [4.78, 5) is 13.1. The second-order valence-corrected chi connectivity index (χ2v) is 10.7. The molecule has 3 aromatic rings. The van der Waals surface area contributed by atoms with Crippen LogP contribution in [0.4, 0.5) is 5.69 Å². The van der Waals surface area contributed by atoms with Gasteiger partial charge in [-0.05, 0) is 121 Å². The van der Waals surface area contributed by atoms with Crippen LogP contribution in [0, 0.1) is 19.8 Å². The summed E-state index contributed by atoms with van der Waals surface area (Å²) in [6.07, 6.45) is 4.41. The van der Waals surface area contributed by atoms with Gasteiger partial charge in [-0.25, -0.2) is 0 Å². The number of anilines is 1. The summed E-state index contributed by atoms with van der Waals surface area (Å²) in [5.41, 5.74) is 15.6. The van der Waals surface area contributed by atoms with E-state index in [2.05, 4.69) is 41.0 Å². The van der Waals surface area contributed by atoms with Gasteiger partial charge in [-0.1, -0.05) is 18.2 Å². The number of aryl methyl sites for hydroxylation is 2. The normalized spacial score (nSPS) is 18.9. The van der Waals surface area contributed by atoms with E-state index in [1.807, 2.05) is 19.9 Å². The number of ether oxygens (including phenoxy) is 1. The van der Waals surface area contributed by atoms with Crippen LogP contribution in [0.3, 0.4) is 0 Å². The van der Waals surface area contributed by atoms with E-state index in [0.717, 1.165) is 65.9 Å². The summed E-state index contributed by atoms with van der Waals surface area (Å²) in [5.74, 6) is 1.58. The summed E-state index contributed by atoms with van der Waals surface area (Å²) in [5, 5.41) is 16.5. The van der Waals surface area contributed by atoms with Gasteiger partial charge >= 0.3 is 0 Å². The van der Waals surface area contributed by atoms with Gasteiger partial charge in [-0.3, -0.25) is 4.79 Å². The van der Waals surface area contributed by atoms with E-state index in [9.17, 15) is 9.90 Å². The number of amides is 1. The Hall–Kier alpha value is -3.51. The maximum Gasteiger partial charge on any atom is 0.237 e. The molecule has 0 fully saturated rings. The van der Waals surface area contributed by atoms with Crippen LogP contribution in [0.15, 0.2) is 48.5 Å². The van der Waals surface area contributed by atoms with Crippen molar-refractivity contribution in [2.24, 2.45) is 11.7 Å². The molecule has 3 unspecified atom stereocenters. The molecule has 0 saturated carbocycles. The summed E-state index contributed by atoms with van der Waals surface area (Å²) in [6.45, 7) is 4.69. The number of carbonyl (C=O) groups excluding carboxylic acids is 1. The Morgan fingerprint density at radius 3 is 2.62 bits per heavy atom. The van der Waals surface area contributed by atoms with E-state index in [1.165, 1.54) is 16.7 Å². The predicted octanol–water partition coefficient (Wildman–Crippen LogP) is 4.52. The Kier molecular flexibility index (Phi) is 7.11. The standard InChI is InChI=1S/C31H37N3O3/c1-18-10-24(35)11-19(2)26(18)17-28(32)31(36)34-30-8-9-33-29-7-4-20(15-27(29)30)12-21-13-22-5-6-25(37-3)16-23(22)14-21/h4-7,10-11,15-16,21,28,30,33,35H,8-9,12-14,17,32H2,1-3H3,(H,34,36). The average molecular weight is 500 g/mol. The fraction of sp³-hybridized carbons (Fsp3) is 0.387. The smallest absolute Gasteiger partial charge is 0.237 e. The second-order valence-electron chi connectivity index (χ2n) is 10.7. The molecule has 0 spiro atoms. The van der Waals surface area contributed by atoms with Crippen LogP contribution in [-0.4, -0.2) is 30.7 Å². The molecule has 1 aliphatic heterocycles. The van der Waals surface area contributed by atoms with Gasteiger partial charge in [0.25, 0.3) is 0 Å². The zero-order valence-electron chi connectivity index (χ0n) is 21.9. The molecule has 0 bridgehead atoms. The minimum atomic E-state index is -0.655. The number of rotatable bonds is 7. The molecule has 1 aliphatic carbocycles. The SMILES string of the molecule is COc1ccc2c(c1)CC(Cc1ccc3c(c1)C(NC(=O)C(N)Cc1c(C)cc(O)cc1C)CCN3)C2. The van der Waals surface area contributed by atoms with Crippen molar-refractivity contribution in [1.82, 2.24) is 5.32 Å². The van der Waals surface area contributed by atoms with Crippen molar-refractivity contribution in [2.45, 2.75) is 58.0 Å². The number of nitrogens with two attached hydrogens (primary N) is 1. The largest absolute Gasteiger partial charge is 0.508 e. The van der Waals surface area contributed by atoms with Crippen LogP contribution in [0.25, 0.3) is 0 Å². The van der Waals surface area contributed by atoms with Crippen LogP contribution >= 0.6 is 0 Å². The van der Waals surface area contributed by atoms with E-state index < -0.39 is 6.04 Å². The summed E-state index contributed by atoms with van der Waals surface area (Å²) in [7, 11) is 1.72. The van der Waals surface area contributed by atoms with Gasteiger partial charge in [-0.2, -0.15) is 0 Å². The van der Waals surface area contributed by atoms with Crippen LogP contribution in [0.5, 0.6) is 11.5 Å². The summed E-state index contributed by atoms with van der Waals surface area (Å²) < 4.78 is 5.40. The van der Waals surface area contributed by atoms with Crippen molar-refractivity contribution < 1.29 is 14.6 Å². The highest BCUT2D eigenvalue weighted by Crippen LogP contribution is 2.35. The number of phenols is 1. The lowest BCUT2D eigenvalue weighted by atomic mass is 9.91. The van der Waals surface area contributed by atoms with Gasteiger partial charge in [0, 0.05) is 12.2 Å². The molecule has 0 aromatic heterocycles. The van der Waals surface area contributed by atoms with Crippen LogP contribution in [0.2, 0.25) is 0 Å². The Balaban J connectivity index is 1.26. The monoisotopic (exact) mass is 499 g/mol. The van der Waals surface area contributed by atoms with E-state index in [0.29, 0.717) is 12.3 Å². The first-order chi connectivity index (χ1) is 17.8. The topological polar surface area (TPSA) is 96.6 Å². The van der Waals surface area contributed by atoms with Crippen molar-refractivity contribution in [3.05, 3.63) is 87.5 Å². The van der Waals surface area contributed by atoms with E-state index >= 15 is 0 Å². The third-order valence-electron chi connectivity index (χ3n) is 7.95. The lowest BCUT2D eigenvalue weighted by molar-refractivity contribution is -0.123. The quantitative estimate of drug-likeness (QED) is 0.383. The fourth-order valence-electron chi connectivity index (χ4n) is 6.02. The highest BCUT2D eigenvalue weighted by Gasteiger charge is 2.27. The van der Waals surface area contributed by atoms with Gasteiger partial charge < -0.3 is 26.2 Å². The zero-order valence-corrected chi connectivity index (χ0v) is 21.9. The van der Waals surface area contributed by atoms with E-state index in [-0.39, 0.29) is 17.7 Å². The van der Waals surface area contributed by atoms with Crippen molar-refractivity contribution in [2.75, 3.05) is 19.0 Å². The Morgan fingerprint density at radius 2 is 1.86 bits per heavy atom. The molecular formula is C31H37N3O3. The van der Waals surface area contributed by atoms with Gasteiger partial charge in [-0.15, -0.1) is 0 Å². The molecule has 3 aromatic carbocycles. The lowest BCUT2D eigenvalue weighted by Gasteiger charge is -2.29. The molecule has 1 amide bonds. The van der Waals surface area contributed by atoms with Gasteiger partial charge in [0.1, 0.15) is 11.5 Å². The van der Waals surface area contributed by atoms with Crippen LogP contribution in [-0.2, 0) is 30.5 Å². The molecule has 6 nitrogen and oxygen atoms in total. The highest BCUT2D eigenvalue weighted by atomic mass is 16.5. The molecule has 5 rings (SSSR count). The second kappa shape index (κ2) is 10.5. The number of hydrogen-bond acceptors (Lipinski definition) is 5. The molecule has 0 radical (unpaired) electrons. The summed E-state index contributed by atoms with van der Waals surface area (Å²) >= 11 is 0. The minimum absolute atomic E-state index is 0.0678. The maximum absolute atomic E-state index is 13.1. The van der Waals surface area contributed by atoms with Crippen molar-refractivity contribution in [3.63, 3.8) is 0 Å². The Labute approximate surface area is 219 Å². The lowest BCUT2D eigenvalue weighted by Crippen LogP contribution is -2.44. The number of fused-ring (bicyclic) bond motifs is 2. The number of benzene rings is 3. The number of methoxy groups -OCH3 is 1. The first-order valence-corrected chi connectivity index (χ1v) is 13.2. The van der Waals surface area contributed by atoms with Crippen molar-refractivity contribution in [1.29, 1.82) is 0 Å². The number of hydrogen-bond donors (Lipinski definition) is 4. The molecule has 0 saturated heterocycles. The highest BCUT2D eigenvalue weighted by molar-refractivity contribution is 5.82. The molecule has 6 heteroatoms. The van der Waals surface area contributed by atoms with Gasteiger partial charge in [0.15, 0.2) is 0 Å². The number of carbonyl (C=O) groups is 1. The van der Waals surface area contributed by atoms with Gasteiger partial charge in [0.05, 0.1) is 19.2 Å². The Morgan fingerprint density at radius 1 is 1.11 bits per heavy atom. The van der Waals surface area contributed by atoms with Gasteiger partial charge in [0.2, 0.25) is 5.91 Å². The van der Waals surface area contributed by atoms with Crippen LogP contribution in [0.1, 0.15) is 51.4 Å². The van der Waals surface area contributed by atoms with Crippen molar-refractivity contribution >= 4 is 11.6 Å². The number of aromatic hydroxyl groups is 1. The molecule has 5 N–H and O–H groups in total.